The average Bonchev–Trinajstić information content (AvgIpc) is 2.46. The Bertz CT molecular complexity index is 822. The molecule has 2 aromatic carbocycles. The lowest BCUT2D eigenvalue weighted by Crippen LogP contribution is -2.34. The normalized spacial score (nSPS) is 11.1. The van der Waals surface area contributed by atoms with Crippen molar-refractivity contribution >= 4 is 50.7 Å². The Morgan fingerprint density at radius 1 is 1.00 bits per heavy atom. The van der Waals surface area contributed by atoms with Crippen LogP contribution < -0.4 is 9.46 Å². The van der Waals surface area contributed by atoms with Crippen LogP contribution in [0.25, 0.3) is 0 Å². The van der Waals surface area contributed by atoms with Gasteiger partial charge in [0.1, 0.15) is 5.75 Å². The minimum Gasteiger partial charge on any atom is -0.482 e. The van der Waals surface area contributed by atoms with Crippen molar-refractivity contribution in [3.05, 3.63) is 57.5 Å². The van der Waals surface area contributed by atoms with E-state index in [1.165, 1.54) is 42.5 Å². The first-order valence-electron chi connectivity index (χ1n) is 6.17. The fourth-order valence-electron chi connectivity index (χ4n) is 1.59. The van der Waals surface area contributed by atoms with Gasteiger partial charge < -0.3 is 4.74 Å². The number of ether oxygens (including phenoxy) is 1. The highest BCUT2D eigenvalue weighted by Gasteiger charge is 2.18. The van der Waals surface area contributed by atoms with Crippen LogP contribution in [0.1, 0.15) is 0 Å². The number of amides is 1. The maximum atomic E-state index is 12.0. The number of sulfonamides is 1. The van der Waals surface area contributed by atoms with Crippen molar-refractivity contribution in [1.82, 2.24) is 4.72 Å². The van der Waals surface area contributed by atoms with E-state index in [2.05, 4.69) is 0 Å². The molecule has 0 aliphatic carbocycles. The molecule has 23 heavy (non-hydrogen) atoms. The van der Waals surface area contributed by atoms with Gasteiger partial charge in [0.15, 0.2) is 6.61 Å². The van der Waals surface area contributed by atoms with Crippen molar-refractivity contribution in [2.45, 2.75) is 4.90 Å². The van der Waals surface area contributed by atoms with Crippen LogP contribution in [0, 0.1) is 0 Å². The number of hydrogen-bond donors (Lipinski definition) is 1. The van der Waals surface area contributed by atoms with Gasteiger partial charge >= 0.3 is 0 Å². The summed E-state index contributed by atoms with van der Waals surface area (Å²) in [4.78, 5) is 11.7. The zero-order chi connectivity index (χ0) is 17.0. The lowest BCUT2D eigenvalue weighted by Gasteiger charge is -2.09. The summed E-state index contributed by atoms with van der Waals surface area (Å²) in [5, 5.41) is 1.01. The Hall–Kier alpha value is -1.47. The highest BCUT2D eigenvalue weighted by Crippen LogP contribution is 2.27. The highest BCUT2D eigenvalue weighted by molar-refractivity contribution is 7.90. The number of nitrogens with one attached hydrogen (secondary N) is 1. The molecule has 0 aliphatic rings. The molecule has 2 aromatic rings. The molecule has 5 nitrogen and oxygen atoms in total. The lowest BCUT2D eigenvalue weighted by atomic mass is 10.3. The van der Waals surface area contributed by atoms with Crippen LogP contribution in [0.4, 0.5) is 0 Å². The van der Waals surface area contributed by atoms with E-state index in [1.54, 1.807) is 0 Å². The Morgan fingerprint density at radius 3 is 2.22 bits per heavy atom. The summed E-state index contributed by atoms with van der Waals surface area (Å²) in [5.74, 6) is -0.624. The fourth-order valence-corrected chi connectivity index (χ4v) is 3.15. The maximum absolute atomic E-state index is 12.0. The van der Waals surface area contributed by atoms with Gasteiger partial charge in [-0.15, -0.1) is 0 Å². The zero-order valence-corrected chi connectivity index (χ0v) is 14.5. The van der Waals surface area contributed by atoms with Gasteiger partial charge in [-0.05, 0) is 42.5 Å². The second-order valence-corrected chi connectivity index (χ2v) is 7.31. The molecular weight excluding hydrogens is 385 g/mol. The molecule has 0 unspecified atom stereocenters. The third kappa shape index (κ3) is 5.00. The molecule has 1 amide bonds. The number of benzene rings is 2. The van der Waals surface area contributed by atoms with Crippen LogP contribution in [0.2, 0.25) is 15.1 Å². The van der Waals surface area contributed by atoms with E-state index < -0.39 is 22.5 Å². The Balaban J connectivity index is 2.00. The van der Waals surface area contributed by atoms with E-state index >= 15 is 0 Å². The number of rotatable bonds is 5. The maximum Gasteiger partial charge on any atom is 0.271 e. The molecule has 0 spiro atoms. The molecule has 0 aromatic heterocycles. The molecule has 0 saturated carbocycles. The molecule has 0 aliphatic heterocycles. The van der Waals surface area contributed by atoms with E-state index in [9.17, 15) is 13.2 Å². The van der Waals surface area contributed by atoms with Crippen molar-refractivity contribution in [2.75, 3.05) is 6.61 Å². The van der Waals surface area contributed by atoms with Gasteiger partial charge in [-0.3, -0.25) is 4.79 Å². The highest BCUT2D eigenvalue weighted by atomic mass is 35.5. The summed E-state index contributed by atoms with van der Waals surface area (Å²) in [5.41, 5.74) is 0. The van der Waals surface area contributed by atoms with Crippen LogP contribution in [-0.4, -0.2) is 20.9 Å². The SMILES string of the molecule is O=C(COc1ccc(Cl)cc1Cl)NS(=O)(=O)c1ccc(Cl)cc1. The predicted molar refractivity (Wildman–Crippen MR) is 88.7 cm³/mol. The molecule has 1 N–H and O–H groups in total. The van der Waals surface area contributed by atoms with Crippen LogP contribution in [0.3, 0.4) is 0 Å². The summed E-state index contributed by atoms with van der Waals surface area (Å²) in [6, 6.07) is 9.84. The summed E-state index contributed by atoms with van der Waals surface area (Å²) >= 11 is 17.3. The van der Waals surface area contributed by atoms with E-state index in [0.717, 1.165) is 0 Å². The zero-order valence-electron chi connectivity index (χ0n) is 11.4. The number of hydrogen-bond acceptors (Lipinski definition) is 4. The van der Waals surface area contributed by atoms with Crippen molar-refractivity contribution < 1.29 is 17.9 Å². The second-order valence-electron chi connectivity index (χ2n) is 4.35. The molecule has 9 heteroatoms. The molecule has 0 saturated heterocycles. The van der Waals surface area contributed by atoms with Gasteiger partial charge in [0, 0.05) is 10.0 Å². The van der Waals surface area contributed by atoms with Gasteiger partial charge in [0.05, 0.1) is 9.92 Å². The number of carbonyl (C=O) groups is 1. The second kappa shape index (κ2) is 7.40. The van der Waals surface area contributed by atoms with Gasteiger partial charge in [0.2, 0.25) is 0 Å². The minimum atomic E-state index is -3.99. The summed E-state index contributed by atoms with van der Waals surface area (Å²) in [6.07, 6.45) is 0. The van der Waals surface area contributed by atoms with E-state index in [0.29, 0.717) is 10.0 Å². The molecule has 0 atom stereocenters. The van der Waals surface area contributed by atoms with E-state index in [1.807, 2.05) is 4.72 Å². The number of halogens is 3. The third-order valence-corrected chi connectivity index (χ3v) is 4.80. The summed E-state index contributed by atoms with van der Waals surface area (Å²) in [6.45, 7) is -0.520. The van der Waals surface area contributed by atoms with Crippen molar-refractivity contribution in [1.29, 1.82) is 0 Å². The monoisotopic (exact) mass is 393 g/mol. The molecule has 0 radical (unpaired) electrons. The van der Waals surface area contributed by atoms with Crippen molar-refractivity contribution in [2.24, 2.45) is 0 Å². The Labute approximate surface area is 148 Å². The molecule has 0 fully saturated rings. The molecule has 0 heterocycles. The Kier molecular flexibility index (Phi) is 5.75. The minimum absolute atomic E-state index is 0.0835. The quantitative estimate of drug-likeness (QED) is 0.842. The van der Waals surface area contributed by atoms with Gasteiger partial charge in [-0.2, -0.15) is 0 Å². The largest absolute Gasteiger partial charge is 0.482 e. The van der Waals surface area contributed by atoms with E-state index in [-0.39, 0.29) is 15.7 Å². The smallest absolute Gasteiger partial charge is 0.271 e. The van der Waals surface area contributed by atoms with Gasteiger partial charge in [-0.1, -0.05) is 34.8 Å². The van der Waals surface area contributed by atoms with Gasteiger partial charge in [-0.25, -0.2) is 13.1 Å². The summed E-state index contributed by atoms with van der Waals surface area (Å²) < 4.78 is 31.1. The standard InChI is InChI=1S/C14H10Cl3NO4S/c15-9-1-4-11(5-2-9)23(20,21)18-14(19)8-22-13-6-3-10(16)7-12(13)17/h1-7H,8H2,(H,18,19). The van der Waals surface area contributed by atoms with Crippen LogP contribution in [-0.2, 0) is 14.8 Å². The van der Waals surface area contributed by atoms with Crippen LogP contribution in [0.5, 0.6) is 5.75 Å². The average molecular weight is 395 g/mol. The Morgan fingerprint density at radius 2 is 1.61 bits per heavy atom. The molecule has 122 valence electrons. The predicted octanol–water partition coefficient (Wildman–Crippen LogP) is 3.53. The molecule has 0 bridgehead atoms. The fraction of sp³-hybridized carbons (Fsp3) is 0.0714. The first-order chi connectivity index (χ1) is 10.8. The van der Waals surface area contributed by atoms with Crippen molar-refractivity contribution in [3.8, 4) is 5.75 Å². The third-order valence-electron chi connectivity index (χ3n) is 2.62. The van der Waals surface area contributed by atoms with E-state index in [4.69, 9.17) is 39.5 Å². The molecular formula is C14H10Cl3NO4S. The van der Waals surface area contributed by atoms with Crippen LogP contribution >= 0.6 is 34.8 Å². The van der Waals surface area contributed by atoms with Crippen molar-refractivity contribution in [3.63, 3.8) is 0 Å². The lowest BCUT2D eigenvalue weighted by molar-refractivity contribution is -0.121. The topological polar surface area (TPSA) is 72.5 Å². The summed E-state index contributed by atoms with van der Waals surface area (Å²) in [7, 11) is -3.99. The van der Waals surface area contributed by atoms with Gasteiger partial charge in [0.25, 0.3) is 15.9 Å². The van der Waals surface area contributed by atoms with Crippen LogP contribution in [0.15, 0.2) is 47.4 Å². The first-order valence-corrected chi connectivity index (χ1v) is 8.79. The molecule has 2 rings (SSSR count). The number of carbonyl (C=O) groups excluding carboxylic acids is 1. The first kappa shape index (κ1) is 17.9.